The van der Waals surface area contributed by atoms with Gasteiger partial charge in [-0.05, 0) is 0 Å². The fourth-order valence-electron chi connectivity index (χ4n) is 1.26. The quantitative estimate of drug-likeness (QED) is 0.446. The van der Waals surface area contributed by atoms with E-state index >= 15 is 0 Å². The lowest BCUT2D eigenvalue weighted by Gasteiger charge is -2.11. The monoisotopic (exact) mass is 242 g/mol. The summed E-state index contributed by atoms with van der Waals surface area (Å²) in [5, 5.41) is 5.33. The van der Waals surface area contributed by atoms with Crippen molar-refractivity contribution in [1.29, 1.82) is 0 Å². The number of halogens is 1. The number of ether oxygens (including phenoxy) is 1. The predicted molar refractivity (Wildman–Crippen MR) is 63.4 cm³/mol. The van der Waals surface area contributed by atoms with Crippen molar-refractivity contribution >= 4 is 17.4 Å². The molecule has 0 spiro atoms. The zero-order valence-electron chi connectivity index (χ0n) is 9.42. The van der Waals surface area contributed by atoms with Gasteiger partial charge in [0.25, 0.3) is 0 Å². The molecule has 2 amide bonds. The Morgan fingerprint density at radius 2 is 2.18 bits per heavy atom. The molecule has 94 valence electrons. The number of hydrogen-bond donors (Lipinski definition) is 4. The largest absolute Gasteiger partial charge is 0.494 e. The van der Waals surface area contributed by atoms with Crippen molar-refractivity contribution in [3.63, 3.8) is 0 Å². The molecule has 0 saturated carbocycles. The third kappa shape index (κ3) is 3.71. The third-order valence-electron chi connectivity index (χ3n) is 2.06. The van der Waals surface area contributed by atoms with Gasteiger partial charge in [0, 0.05) is 25.2 Å². The molecule has 0 heterocycles. The molecule has 17 heavy (non-hydrogen) atoms. The van der Waals surface area contributed by atoms with Crippen LogP contribution in [-0.4, -0.2) is 26.2 Å². The molecule has 0 atom stereocenters. The highest BCUT2D eigenvalue weighted by Gasteiger charge is 2.07. The van der Waals surface area contributed by atoms with Gasteiger partial charge in [0.15, 0.2) is 11.6 Å². The first-order valence-electron chi connectivity index (χ1n) is 4.94. The maximum atomic E-state index is 13.2. The highest BCUT2D eigenvalue weighted by atomic mass is 19.1. The second kappa shape index (κ2) is 5.78. The van der Waals surface area contributed by atoms with Crippen molar-refractivity contribution in [3.8, 4) is 5.75 Å². The molecule has 0 aromatic heterocycles. The van der Waals surface area contributed by atoms with Gasteiger partial charge in [0.2, 0.25) is 0 Å². The number of carbonyl (C=O) groups excluding carboxylic acids is 1. The van der Waals surface area contributed by atoms with Gasteiger partial charge in [-0.15, -0.1) is 0 Å². The van der Waals surface area contributed by atoms with Crippen LogP contribution < -0.4 is 26.8 Å². The molecular weight excluding hydrogens is 227 g/mol. The van der Waals surface area contributed by atoms with Crippen molar-refractivity contribution in [2.45, 2.75) is 0 Å². The van der Waals surface area contributed by atoms with Crippen LogP contribution in [0.15, 0.2) is 12.1 Å². The van der Waals surface area contributed by atoms with Gasteiger partial charge in [0.05, 0.1) is 18.5 Å². The second-order valence-corrected chi connectivity index (χ2v) is 3.29. The normalized spacial score (nSPS) is 9.76. The molecule has 6 N–H and O–H groups in total. The van der Waals surface area contributed by atoms with Gasteiger partial charge in [-0.3, -0.25) is 0 Å². The van der Waals surface area contributed by atoms with Gasteiger partial charge >= 0.3 is 6.03 Å². The lowest BCUT2D eigenvalue weighted by Crippen LogP contribution is -2.33. The number of nitrogen functional groups attached to an aromatic ring is 1. The number of anilines is 2. The number of nitrogens with one attached hydrogen (secondary N) is 2. The summed E-state index contributed by atoms with van der Waals surface area (Å²) in [7, 11) is 1.37. The van der Waals surface area contributed by atoms with E-state index in [4.69, 9.17) is 16.2 Å². The van der Waals surface area contributed by atoms with Crippen LogP contribution in [0, 0.1) is 5.82 Å². The number of methoxy groups -OCH3 is 1. The van der Waals surface area contributed by atoms with Crippen LogP contribution in [0.2, 0.25) is 0 Å². The van der Waals surface area contributed by atoms with E-state index in [0.717, 1.165) is 0 Å². The molecule has 0 radical (unpaired) electrons. The van der Waals surface area contributed by atoms with Crippen molar-refractivity contribution < 1.29 is 13.9 Å². The number of nitrogens with two attached hydrogens (primary N) is 2. The van der Waals surface area contributed by atoms with Crippen LogP contribution in [-0.2, 0) is 0 Å². The molecule has 0 aliphatic carbocycles. The minimum Gasteiger partial charge on any atom is -0.494 e. The molecule has 0 unspecified atom stereocenters. The number of urea groups is 1. The van der Waals surface area contributed by atoms with Gasteiger partial charge in [-0.2, -0.15) is 0 Å². The predicted octanol–water partition coefficient (Wildman–Crippen LogP) is 0.497. The molecule has 0 aliphatic heterocycles. The molecule has 0 saturated heterocycles. The number of benzene rings is 1. The third-order valence-corrected chi connectivity index (χ3v) is 2.06. The lowest BCUT2D eigenvalue weighted by molar-refractivity contribution is 0.249. The van der Waals surface area contributed by atoms with E-state index in [-0.39, 0.29) is 11.4 Å². The molecule has 1 aromatic rings. The summed E-state index contributed by atoms with van der Waals surface area (Å²) >= 11 is 0. The number of hydrogen-bond acceptors (Lipinski definition) is 4. The smallest absolute Gasteiger partial charge is 0.312 e. The Balaban J connectivity index is 2.61. The van der Waals surface area contributed by atoms with E-state index in [0.29, 0.717) is 18.8 Å². The van der Waals surface area contributed by atoms with E-state index < -0.39 is 11.8 Å². The number of primary amides is 1. The topological polar surface area (TPSA) is 102 Å². The standard InChI is InChI=1S/C10H15FN4O2/c1-17-9-5-8(7(12)4-6(9)11)14-2-3-15-10(13)16/h4-5,14H,2-3,12H2,1H3,(H3,13,15,16). The van der Waals surface area contributed by atoms with Crippen LogP contribution in [0.1, 0.15) is 0 Å². The van der Waals surface area contributed by atoms with Gasteiger partial charge in [0.1, 0.15) is 0 Å². The number of rotatable bonds is 5. The minimum atomic E-state index is -0.601. The zero-order chi connectivity index (χ0) is 12.8. The first-order chi connectivity index (χ1) is 8.04. The average molecular weight is 242 g/mol. The van der Waals surface area contributed by atoms with Crippen molar-refractivity contribution in [3.05, 3.63) is 17.9 Å². The summed E-state index contributed by atoms with van der Waals surface area (Å²) in [6.45, 7) is 0.760. The van der Waals surface area contributed by atoms with Crippen LogP contribution in [0.25, 0.3) is 0 Å². The summed E-state index contributed by atoms with van der Waals surface area (Å²) in [4.78, 5) is 10.4. The summed E-state index contributed by atoms with van der Waals surface area (Å²) < 4.78 is 18.0. The Hall–Kier alpha value is -2.18. The Morgan fingerprint density at radius 1 is 1.47 bits per heavy atom. The van der Waals surface area contributed by atoms with Gasteiger partial charge in [-0.1, -0.05) is 0 Å². The summed E-state index contributed by atoms with van der Waals surface area (Å²) in [6, 6.07) is 2.02. The van der Waals surface area contributed by atoms with Crippen molar-refractivity contribution in [1.82, 2.24) is 5.32 Å². The lowest BCUT2D eigenvalue weighted by atomic mass is 10.2. The van der Waals surface area contributed by atoms with Crippen molar-refractivity contribution in [2.75, 3.05) is 31.2 Å². The summed E-state index contributed by atoms with van der Waals surface area (Å²) in [5.41, 5.74) is 11.3. The molecule has 1 rings (SSSR count). The Morgan fingerprint density at radius 3 is 2.76 bits per heavy atom. The fraction of sp³-hybridized carbons (Fsp3) is 0.300. The number of carbonyl (C=O) groups is 1. The Labute approximate surface area is 98.1 Å². The molecule has 0 fully saturated rings. The van der Waals surface area contributed by atoms with E-state index in [1.165, 1.54) is 19.2 Å². The van der Waals surface area contributed by atoms with Crippen molar-refractivity contribution in [2.24, 2.45) is 5.73 Å². The Bertz CT molecular complexity index is 412. The van der Waals surface area contributed by atoms with E-state index in [2.05, 4.69) is 10.6 Å². The van der Waals surface area contributed by atoms with Crippen LogP contribution >= 0.6 is 0 Å². The molecule has 1 aromatic carbocycles. The Kier molecular flexibility index (Phi) is 4.38. The van der Waals surface area contributed by atoms with E-state index in [1.807, 2.05) is 0 Å². The maximum absolute atomic E-state index is 13.2. The molecule has 0 bridgehead atoms. The maximum Gasteiger partial charge on any atom is 0.312 e. The molecule has 0 aliphatic rings. The average Bonchev–Trinajstić information content (AvgIpc) is 2.26. The van der Waals surface area contributed by atoms with Gasteiger partial charge < -0.3 is 26.8 Å². The molecular formula is C10H15FN4O2. The SMILES string of the molecule is COc1cc(NCCNC(N)=O)c(N)cc1F. The number of amides is 2. The summed E-state index contributed by atoms with van der Waals surface area (Å²) in [6.07, 6.45) is 0. The molecule has 7 heteroatoms. The molecule has 6 nitrogen and oxygen atoms in total. The first kappa shape index (κ1) is 12.9. The van der Waals surface area contributed by atoms with Crippen LogP contribution in [0.5, 0.6) is 5.75 Å². The minimum absolute atomic E-state index is 0.101. The van der Waals surface area contributed by atoms with Crippen LogP contribution in [0.3, 0.4) is 0 Å². The van der Waals surface area contributed by atoms with E-state index in [1.54, 1.807) is 0 Å². The highest BCUT2D eigenvalue weighted by Crippen LogP contribution is 2.27. The summed E-state index contributed by atoms with van der Waals surface area (Å²) in [5.74, 6) is -0.421. The van der Waals surface area contributed by atoms with Crippen LogP contribution in [0.4, 0.5) is 20.6 Å². The zero-order valence-corrected chi connectivity index (χ0v) is 9.42. The second-order valence-electron chi connectivity index (χ2n) is 3.29. The van der Waals surface area contributed by atoms with Gasteiger partial charge in [-0.25, -0.2) is 9.18 Å². The highest BCUT2D eigenvalue weighted by molar-refractivity contribution is 5.72. The first-order valence-corrected chi connectivity index (χ1v) is 4.94. The van der Waals surface area contributed by atoms with E-state index in [9.17, 15) is 9.18 Å². The fourth-order valence-corrected chi connectivity index (χ4v) is 1.26.